The van der Waals surface area contributed by atoms with Crippen LogP contribution in [0.5, 0.6) is 0 Å². The van der Waals surface area contributed by atoms with Crippen LogP contribution in [-0.4, -0.2) is 30.8 Å². The summed E-state index contributed by atoms with van der Waals surface area (Å²) in [5.41, 5.74) is 1.63. The zero-order valence-corrected chi connectivity index (χ0v) is 11.3. The lowest BCUT2D eigenvalue weighted by molar-refractivity contribution is -0.156. The van der Waals surface area contributed by atoms with Crippen LogP contribution in [-0.2, 0) is 16.1 Å². The highest BCUT2D eigenvalue weighted by atomic mass is 16.5. The first-order valence-corrected chi connectivity index (χ1v) is 6.70. The van der Waals surface area contributed by atoms with Gasteiger partial charge in [-0.15, -0.1) is 0 Å². The van der Waals surface area contributed by atoms with Gasteiger partial charge in [0.2, 0.25) is 0 Å². The molecule has 1 aromatic rings. The summed E-state index contributed by atoms with van der Waals surface area (Å²) in [4.78, 5) is 11.5. The van der Waals surface area contributed by atoms with Crippen LogP contribution in [0, 0.1) is 12.3 Å². The minimum atomic E-state index is -0.762. The molecule has 1 fully saturated rings. The maximum atomic E-state index is 11.5. The van der Waals surface area contributed by atoms with Gasteiger partial charge in [0.15, 0.2) is 0 Å². The predicted octanol–water partition coefficient (Wildman–Crippen LogP) is 1.97. The lowest BCUT2D eigenvalue weighted by Crippen LogP contribution is -2.46. The van der Waals surface area contributed by atoms with Gasteiger partial charge < -0.3 is 15.2 Å². The van der Waals surface area contributed by atoms with E-state index >= 15 is 0 Å². The molecule has 1 aromatic carbocycles. The molecule has 1 heterocycles. The Morgan fingerprint density at radius 2 is 2.37 bits per heavy atom. The Hall–Kier alpha value is -1.39. The van der Waals surface area contributed by atoms with Crippen molar-refractivity contribution >= 4 is 5.97 Å². The monoisotopic (exact) mass is 263 g/mol. The number of hydrogen-bond acceptors (Lipinski definition) is 3. The van der Waals surface area contributed by atoms with Crippen molar-refractivity contribution in [3.8, 4) is 0 Å². The number of carboxylic acid groups (broad SMARTS) is 1. The van der Waals surface area contributed by atoms with Crippen LogP contribution in [0.2, 0.25) is 0 Å². The van der Waals surface area contributed by atoms with Crippen LogP contribution in [0.25, 0.3) is 0 Å². The number of ether oxygens (including phenoxy) is 1. The van der Waals surface area contributed by atoms with Gasteiger partial charge in [0, 0.05) is 19.7 Å². The summed E-state index contributed by atoms with van der Waals surface area (Å²) in [6, 6.07) is 8.23. The first-order chi connectivity index (χ1) is 9.12. The lowest BCUT2D eigenvalue weighted by atomic mass is 9.82. The van der Waals surface area contributed by atoms with Gasteiger partial charge in [-0.1, -0.05) is 29.8 Å². The SMILES string of the molecule is Cc1cccc(CNCC2(C(=O)O)CCCOC2)c1. The van der Waals surface area contributed by atoms with Gasteiger partial charge in [-0.25, -0.2) is 0 Å². The molecule has 4 nitrogen and oxygen atoms in total. The topological polar surface area (TPSA) is 58.6 Å². The van der Waals surface area contributed by atoms with E-state index in [9.17, 15) is 9.90 Å². The maximum Gasteiger partial charge on any atom is 0.313 e. The Bertz CT molecular complexity index is 439. The average Bonchev–Trinajstić information content (AvgIpc) is 2.40. The fourth-order valence-electron chi connectivity index (χ4n) is 2.50. The Balaban J connectivity index is 1.91. The standard InChI is InChI=1S/C15H21NO3/c1-12-4-2-5-13(8-12)9-16-10-15(14(17)18)6-3-7-19-11-15/h2,4-5,8,16H,3,6-7,9-11H2,1H3,(H,17,18). The van der Waals surface area contributed by atoms with Gasteiger partial charge in [0.05, 0.1) is 6.61 Å². The molecule has 1 aliphatic heterocycles. The quantitative estimate of drug-likeness (QED) is 0.852. The van der Waals surface area contributed by atoms with Gasteiger partial charge in [-0.2, -0.15) is 0 Å². The zero-order valence-electron chi connectivity index (χ0n) is 11.3. The van der Waals surface area contributed by atoms with Gasteiger partial charge in [0.25, 0.3) is 0 Å². The number of aliphatic carboxylic acids is 1. The third kappa shape index (κ3) is 3.55. The molecule has 104 valence electrons. The van der Waals surface area contributed by atoms with Crippen LogP contribution in [0.4, 0.5) is 0 Å². The normalized spacial score (nSPS) is 23.2. The van der Waals surface area contributed by atoms with Crippen LogP contribution in [0.1, 0.15) is 24.0 Å². The van der Waals surface area contributed by atoms with E-state index in [0.29, 0.717) is 32.7 Å². The molecule has 19 heavy (non-hydrogen) atoms. The molecule has 1 aliphatic rings. The van der Waals surface area contributed by atoms with E-state index in [2.05, 4.69) is 24.4 Å². The van der Waals surface area contributed by atoms with Crippen LogP contribution in [0.15, 0.2) is 24.3 Å². The van der Waals surface area contributed by atoms with E-state index in [1.54, 1.807) is 0 Å². The second kappa shape index (κ2) is 6.17. The van der Waals surface area contributed by atoms with E-state index in [1.807, 2.05) is 12.1 Å². The molecule has 4 heteroatoms. The first kappa shape index (κ1) is 14.0. The van der Waals surface area contributed by atoms with Crippen molar-refractivity contribution in [2.75, 3.05) is 19.8 Å². The van der Waals surface area contributed by atoms with Gasteiger partial charge >= 0.3 is 5.97 Å². The van der Waals surface area contributed by atoms with Gasteiger partial charge in [0.1, 0.15) is 5.41 Å². The van der Waals surface area contributed by atoms with Crippen molar-refractivity contribution in [2.24, 2.45) is 5.41 Å². The Morgan fingerprint density at radius 1 is 1.53 bits per heavy atom. The fourth-order valence-corrected chi connectivity index (χ4v) is 2.50. The van der Waals surface area contributed by atoms with Crippen molar-refractivity contribution in [1.29, 1.82) is 0 Å². The summed E-state index contributed by atoms with van der Waals surface area (Å²) in [6.07, 6.45) is 1.50. The number of rotatable bonds is 5. The van der Waals surface area contributed by atoms with E-state index in [1.165, 1.54) is 11.1 Å². The van der Waals surface area contributed by atoms with E-state index in [4.69, 9.17) is 4.74 Å². The molecule has 0 amide bonds. The highest BCUT2D eigenvalue weighted by Gasteiger charge is 2.40. The average molecular weight is 263 g/mol. The largest absolute Gasteiger partial charge is 0.481 e. The Labute approximate surface area is 113 Å². The number of benzene rings is 1. The highest BCUT2D eigenvalue weighted by Crippen LogP contribution is 2.28. The van der Waals surface area contributed by atoms with E-state index in [-0.39, 0.29) is 0 Å². The molecule has 0 aliphatic carbocycles. The molecule has 0 bridgehead atoms. The number of carbonyl (C=O) groups is 1. The van der Waals surface area contributed by atoms with Crippen molar-refractivity contribution in [3.05, 3.63) is 35.4 Å². The Morgan fingerprint density at radius 3 is 3.00 bits per heavy atom. The van der Waals surface area contributed by atoms with Crippen molar-refractivity contribution in [2.45, 2.75) is 26.3 Å². The molecule has 1 atom stereocenters. The molecule has 0 spiro atoms. The molecule has 0 saturated carbocycles. The number of carboxylic acids is 1. The first-order valence-electron chi connectivity index (χ1n) is 6.70. The predicted molar refractivity (Wildman–Crippen MR) is 73.0 cm³/mol. The third-order valence-electron chi connectivity index (χ3n) is 3.65. The molecular weight excluding hydrogens is 242 g/mol. The number of aryl methyl sites for hydroxylation is 1. The summed E-state index contributed by atoms with van der Waals surface area (Å²) in [6.45, 7) is 4.18. The highest BCUT2D eigenvalue weighted by molar-refractivity contribution is 5.75. The summed E-state index contributed by atoms with van der Waals surface area (Å²) in [5, 5.41) is 12.7. The summed E-state index contributed by atoms with van der Waals surface area (Å²) in [5.74, 6) is -0.760. The third-order valence-corrected chi connectivity index (χ3v) is 3.65. The smallest absolute Gasteiger partial charge is 0.313 e. The lowest BCUT2D eigenvalue weighted by Gasteiger charge is -2.33. The van der Waals surface area contributed by atoms with Crippen molar-refractivity contribution < 1.29 is 14.6 Å². The summed E-state index contributed by atoms with van der Waals surface area (Å²) >= 11 is 0. The van der Waals surface area contributed by atoms with Crippen molar-refractivity contribution in [3.63, 3.8) is 0 Å². The minimum Gasteiger partial charge on any atom is -0.481 e. The number of hydrogen-bond donors (Lipinski definition) is 2. The number of nitrogens with one attached hydrogen (secondary N) is 1. The minimum absolute atomic E-state index is 0.309. The van der Waals surface area contributed by atoms with Crippen LogP contribution >= 0.6 is 0 Å². The maximum absolute atomic E-state index is 11.5. The van der Waals surface area contributed by atoms with Crippen LogP contribution < -0.4 is 5.32 Å². The van der Waals surface area contributed by atoms with E-state index in [0.717, 1.165) is 6.42 Å². The fraction of sp³-hybridized carbons (Fsp3) is 0.533. The second-order valence-electron chi connectivity index (χ2n) is 5.33. The molecule has 0 radical (unpaired) electrons. The summed E-state index contributed by atoms with van der Waals surface area (Å²) < 4.78 is 5.35. The molecule has 0 aromatic heterocycles. The molecule has 2 N–H and O–H groups in total. The molecule has 2 rings (SSSR count). The van der Waals surface area contributed by atoms with Crippen LogP contribution in [0.3, 0.4) is 0 Å². The second-order valence-corrected chi connectivity index (χ2v) is 5.33. The molecule has 1 saturated heterocycles. The zero-order chi connectivity index (χ0) is 13.7. The molecule has 1 unspecified atom stereocenters. The van der Waals surface area contributed by atoms with Gasteiger partial charge in [-0.05, 0) is 25.3 Å². The Kier molecular flexibility index (Phi) is 4.56. The molecular formula is C15H21NO3. The van der Waals surface area contributed by atoms with E-state index < -0.39 is 11.4 Å². The van der Waals surface area contributed by atoms with Crippen molar-refractivity contribution in [1.82, 2.24) is 5.32 Å². The van der Waals surface area contributed by atoms with Gasteiger partial charge in [-0.3, -0.25) is 4.79 Å². The summed E-state index contributed by atoms with van der Waals surface area (Å²) in [7, 11) is 0.